The van der Waals surface area contributed by atoms with Gasteiger partial charge in [-0.25, -0.2) is 4.39 Å². The fourth-order valence-electron chi connectivity index (χ4n) is 3.77. The van der Waals surface area contributed by atoms with Gasteiger partial charge >= 0.3 is 11.9 Å². The molecule has 0 radical (unpaired) electrons. The Kier molecular flexibility index (Phi) is 5.13. The van der Waals surface area contributed by atoms with E-state index in [0.717, 1.165) is 0 Å². The second kappa shape index (κ2) is 7.36. The standard InChI is InChI=1S/C18H20FN3O5/c19-10-3-4-11-12(9-21(14(11)8-10)7-5-15(23)24)16(18(26)27)22-6-1-2-13(22)17(20)25/h3-4,8-9,13,16H,1-2,5-7H2,(H2,20,25)(H,23,24)(H,26,27). The summed E-state index contributed by atoms with van der Waals surface area (Å²) in [4.78, 5) is 36.3. The van der Waals surface area contributed by atoms with Crippen molar-refractivity contribution in [3.8, 4) is 0 Å². The topological polar surface area (TPSA) is 126 Å². The lowest BCUT2D eigenvalue weighted by Gasteiger charge is -2.28. The van der Waals surface area contributed by atoms with Crippen molar-refractivity contribution in [3.63, 3.8) is 0 Å². The molecule has 1 aromatic carbocycles. The number of primary amides is 1. The summed E-state index contributed by atoms with van der Waals surface area (Å²) >= 11 is 0. The van der Waals surface area contributed by atoms with Crippen LogP contribution in [0.4, 0.5) is 4.39 Å². The Hall–Kier alpha value is -2.94. The fourth-order valence-corrected chi connectivity index (χ4v) is 3.77. The number of carbonyl (C=O) groups excluding carboxylic acids is 1. The lowest BCUT2D eigenvalue weighted by Crippen LogP contribution is -2.44. The molecule has 1 aliphatic rings. The second-order valence-electron chi connectivity index (χ2n) is 6.62. The number of nitrogens with two attached hydrogens (primary N) is 1. The van der Waals surface area contributed by atoms with Crippen molar-refractivity contribution in [2.24, 2.45) is 5.73 Å². The zero-order chi connectivity index (χ0) is 19.7. The number of rotatable bonds is 7. The monoisotopic (exact) mass is 377 g/mol. The van der Waals surface area contributed by atoms with E-state index in [1.54, 1.807) is 4.90 Å². The van der Waals surface area contributed by atoms with E-state index in [-0.39, 0.29) is 13.0 Å². The number of fused-ring (bicyclic) bond motifs is 1. The molecule has 0 bridgehead atoms. The minimum atomic E-state index is -1.15. The highest BCUT2D eigenvalue weighted by atomic mass is 19.1. The lowest BCUT2D eigenvalue weighted by atomic mass is 10.0. The van der Waals surface area contributed by atoms with E-state index in [1.165, 1.54) is 29.0 Å². The van der Waals surface area contributed by atoms with Crippen molar-refractivity contribution in [1.82, 2.24) is 9.47 Å². The van der Waals surface area contributed by atoms with Crippen molar-refractivity contribution in [1.29, 1.82) is 0 Å². The van der Waals surface area contributed by atoms with E-state index in [0.29, 0.717) is 35.9 Å². The number of benzene rings is 1. The van der Waals surface area contributed by atoms with Crippen molar-refractivity contribution < 1.29 is 29.0 Å². The van der Waals surface area contributed by atoms with Gasteiger partial charge in [0.25, 0.3) is 0 Å². The van der Waals surface area contributed by atoms with Gasteiger partial charge in [-0.05, 0) is 31.0 Å². The number of halogens is 1. The van der Waals surface area contributed by atoms with Gasteiger partial charge in [-0.2, -0.15) is 0 Å². The third-order valence-corrected chi connectivity index (χ3v) is 4.92. The normalized spacial score (nSPS) is 18.6. The average molecular weight is 377 g/mol. The highest BCUT2D eigenvalue weighted by molar-refractivity contribution is 5.90. The molecule has 1 amide bonds. The van der Waals surface area contributed by atoms with Crippen LogP contribution >= 0.6 is 0 Å². The number of aryl methyl sites for hydroxylation is 1. The molecule has 1 aliphatic heterocycles. The maximum Gasteiger partial charge on any atom is 0.325 e. The first kappa shape index (κ1) is 18.8. The summed E-state index contributed by atoms with van der Waals surface area (Å²) < 4.78 is 15.3. The molecule has 144 valence electrons. The van der Waals surface area contributed by atoms with Crippen molar-refractivity contribution in [3.05, 3.63) is 35.8 Å². The molecule has 8 nitrogen and oxygen atoms in total. The second-order valence-corrected chi connectivity index (χ2v) is 6.62. The van der Waals surface area contributed by atoms with Crippen molar-refractivity contribution in [2.75, 3.05) is 6.54 Å². The molecule has 1 aromatic heterocycles. The number of hydrogen-bond acceptors (Lipinski definition) is 4. The number of aliphatic carboxylic acids is 2. The van der Waals surface area contributed by atoms with Gasteiger partial charge in [-0.3, -0.25) is 19.3 Å². The van der Waals surface area contributed by atoms with E-state index in [9.17, 15) is 23.9 Å². The maximum absolute atomic E-state index is 13.7. The van der Waals surface area contributed by atoms with Crippen molar-refractivity contribution >= 4 is 28.7 Å². The van der Waals surface area contributed by atoms with Crippen LogP contribution in [-0.4, -0.2) is 50.1 Å². The Bertz CT molecular complexity index is 910. The molecule has 0 saturated carbocycles. The molecule has 0 spiro atoms. The van der Waals surface area contributed by atoms with Crippen LogP contribution in [0.2, 0.25) is 0 Å². The van der Waals surface area contributed by atoms with Crippen LogP contribution in [-0.2, 0) is 20.9 Å². The van der Waals surface area contributed by atoms with Crippen LogP contribution in [0, 0.1) is 5.82 Å². The number of nitrogens with zero attached hydrogens (tertiary/aromatic N) is 2. The summed E-state index contributed by atoms with van der Waals surface area (Å²) in [6.45, 7) is 0.467. The molecule has 2 atom stereocenters. The zero-order valence-electron chi connectivity index (χ0n) is 14.5. The Morgan fingerprint density at radius 2 is 2.04 bits per heavy atom. The summed E-state index contributed by atoms with van der Waals surface area (Å²) in [5.74, 6) is -3.26. The Morgan fingerprint density at radius 3 is 2.67 bits per heavy atom. The predicted octanol–water partition coefficient (Wildman–Crippen LogP) is 1.33. The predicted molar refractivity (Wildman–Crippen MR) is 93.4 cm³/mol. The van der Waals surface area contributed by atoms with Crippen LogP contribution in [0.15, 0.2) is 24.4 Å². The quantitative estimate of drug-likeness (QED) is 0.668. The first-order valence-electron chi connectivity index (χ1n) is 8.57. The molecular formula is C18H20FN3O5. The summed E-state index contributed by atoms with van der Waals surface area (Å²) in [5, 5.41) is 19.3. The van der Waals surface area contributed by atoms with Gasteiger partial charge in [0.1, 0.15) is 11.9 Å². The first-order chi connectivity index (χ1) is 12.8. The molecule has 3 rings (SSSR count). The number of carboxylic acids is 2. The third kappa shape index (κ3) is 3.63. The van der Waals surface area contributed by atoms with E-state index in [2.05, 4.69) is 0 Å². The summed E-state index contributed by atoms with van der Waals surface area (Å²) in [6.07, 6.45) is 2.46. The highest BCUT2D eigenvalue weighted by Crippen LogP contribution is 2.35. The molecule has 4 N–H and O–H groups in total. The third-order valence-electron chi connectivity index (χ3n) is 4.92. The first-order valence-corrected chi connectivity index (χ1v) is 8.57. The van der Waals surface area contributed by atoms with Gasteiger partial charge in [0.05, 0.1) is 18.0 Å². The summed E-state index contributed by atoms with van der Waals surface area (Å²) in [7, 11) is 0. The molecule has 0 aliphatic carbocycles. The van der Waals surface area contributed by atoms with Gasteiger partial charge in [0.15, 0.2) is 0 Å². The molecule has 2 heterocycles. The molecule has 9 heteroatoms. The minimum Gasteiger partial charge on any atom is -0.481 e. The number of aromatic nitrogens is 1. The zero-order valence-corrected chi connectivity index (χ0v) is 14.5. The number of likely N-dealkylation sites (tertiary alicyclic amines) is 1. The van der Waals surface area contributed by atoms with Crippen LogP contribution in [0.1, 0.15) is 30.9 Å². The van der Waals surface area contributed by atoms with Gasteiger partial charge in [-0.1, -0.05) is 0 Å². The molecule has 27 heavy (non-hydrogen) atoms. The van der Waals surface area contributed by atoms with E-state index >= 15 is 0 Å². The lowest BCUT2D eigenvalue weighted by molar-refractivity contribution is -0.145. The number of hydrogen-bond donors (Lipinski definition) is 3. The largest absolute Gasteiger partial charge is 0.481 e. The Morgan fingerprint density at radius 1 is 1.30 bits per heavy atom. The number of carboxylic acid groups (broad SMARTS) is 2. The SMILES string of the molecule is NC(=O)C1CCCN1C(C(=O)O)c1cn(CCC(=O)O)c2cc(F)ccc12. The molecule has 1 saturated heterocycles. The fraction of sp³-hybridized carbons (Fsp3) is 0.389. The van der Waals surface area contributed by atoms with Crippen LogP contribution in [0.3, 0.4) is 0 Å². The van der Waals surface area contributed by atoms with Crippen LogP contribution in [0.25, 0.3) is 10.9 Å². The molecular weight excluding hydrogens is 357 g/mol. The molecule has 2 aromatic rings. The molecule has 1 fully saturated rings. The van der Waals surface area contributed by atoms with Crippen LogP contribution < -0.4 is 5.73 Å². The maximum atomic E-state index is 13.7. The smallest absolute Gasteiger partial charge is 0.325 e. The average Bonchev–Trinajstić information content (AvgIpc) is 3.18. The minimum absolute atomic E-state index is 0.0703. The van der Waals surface area contributed by atoms with E-state index in [1.807, 2.05) is 0 Å². The number of amides is 1. The van der Waals surface area contributed by atoms with Gasteiger partial charge in [0.2, 0.25) is 5.91 Å². The van der Waals surface area contributed by atoms with Gasteiger partial charge < -0.3 is 20.5 Å². The summed E-state index contributed by atoms with van der Waals surface area (Å²) in [5.41, 5.74) is 6.22. The van der Waals surface area contributed by atoms with Gasteiger partial charge in [-0.15, -0.1) is 0 Å². The van der Waals surface area contributed by atoms with Crippen molar-refractivity contribution in [2.45, 2.75) is 37.9 Å². The number of carbonyl (C=O) groups is 3. The van der Waals surface area contributed by atoms with E-state index < -0.39 is 35.7 Å². The highest BCUT2D eigenvalue weighted by Gasteiger charge is 2.39. The Labute approximate surface area is 154 Å². The van der Waals surface area contributed by atoms with E-state index in [4.69, 9.17) is 10.8 Å². The molecule has 2 unspecified atom stereocenters. The van der Waals surface area contributed by atoms with Gasteiger partial charge in [0, 0.05) is 30.2 Å². The Balaban J connectivity index is 2.11. The summed E-state index contributed by atoms with van der Waals surface area (Å²) in [6, 6.07) is 2.12. The van der Waals surface area contributed by atoms with Crippen LogP contribution in [0.5, 0.6) is 0 Å².